The number of aliphatic carboxylic acids is 2. The van der Waals surface area contributed by atoms with E-state index < -0.39 is 17.4 Å². The van der Waals surface area contributed by atoms with Crippen LogP contribution in [0.2, 0.25) is 0 Å². The highest BCUT2D eigenvalue weighted by atomic mass is 16.4. The fourth-order valence-corrected chi connectivity index (χ4v) is 3.77. The topological polar surface area (TPSA) is 74.6 Å². The molecule has 0 aromatic rings. The molecule has 0 saturated heterocycles. The van der Waals surface area contributed by atoms with E-state index in [9.17, 15) is 19.8 Å². The SMILES string of the molecule is CCCCCCC(CCCC)(C(=O)O)C(C(=O)O)=C1CCCC1. The average Bonchev–Trinajstić information content (AvgIpc) is 3.01. The highest BCUT2D eigenvalue weighted by Crippen LogP contribution is 2.44. The van der Waals surface area contributed by atoms with Crippen LogP contribution in [-0.2, 0) is 9.59 Å². The van der Waals surface area contributed by atoms with E-state index in [0.29, 0.717) is 12.8 Å². The Bertz CT molecular complexity index is 431. The van der Waals surface area contributed by atoms with Crippen molar-refractivity contribution in [2.45, 2.75) is 90.9 Å². The Kier molecular flexibility index (Phi) is 8.35. The summed E-state index contributed by atoms with van der Waals surface area (Å²) in [4.78, 5) is 24.2. The van der Waals surface area contributed by atoms with E-state index in [0.717, 1.165) is 69.8 Å². The summed E-state index contributed by atoms with van der Waals surface area (Å²) in [6, 6.07) is 0. The van der Waals surface area contributed by atoms with Gasteiger partial charge in [-0.05, 0) is 38.5 Å². The van der Waals surface area contributed by atoms with E-state index in [4.69, 9.17) is 0 Å². The molecule has 0 aromatic heterocycles. The third kappa shape index (κ3) is 5.08. The van der Waals surface area contributed by atoms with Crippen molar-refractivity contribution in [2.75, 3.05) is 0 Å². The molecule has 4 nitrogen and oxygen atoms in total. The number of rotatable bonds is 11. The van der Waals surface area contributed by atoms with Crippen molar-refractivity contribution < 1.29 is 19.8 Å². The smallest absolute Gasteiger partial charge is 0.332 e. The first-order valence-corrected chi connectivity index (χ1v) is 9.18. The van der Waals surface area contributed by atoms with Crippen LogP contribution < -0.4 is 0 Å². The number of unbranched alkanes of at least 4 members (excludes halogenated alkanes) is 4. The predicted molar refractivity (Wildman–Crippen MR) is 91.5 cm³/mol. The first kappa shape index (κ1) is 19.7. The summed E-state index contributed by atoms with van der Waals surface area (Å²) in [5, 5.41) is 19.8. The molecule has 132 valence electrons. The maximum Gasteiger partial charge on any atom is 0.332 e. The molecule has 4 heteroatoms. The van der Waals surface area contributed by atoms with Gasteiger partial charge in [-0.15, -0.1) is 0 Å². The Labute approximate surface area is 140 Å². The van der Waals surface area contributed by atoms with Gasteiger partial charge in [0.2, 0.25) is 0 Å². The summed E-state index contributed by atoms with van der Waals surface area (Å²) in [7, 11) is 0. The third-order valence-corrected chi connectivity index (χ3v) is 5.08. The van der Waals surface area contributed by atoms with E-state index in [2.05, 4.69) is 6.92 Å². The van der Waals surface area contributed by atoms with Gasteiger partial charge in [-0.2, -0.15) is 0 Å². The molecule has 1 aliphatic carbocycles. The molecule has 23 heavy (non-hydrogen) atoms. The number of carboxylic acid groups (broad SMARTS) is 2. The average molecular weight is 324 g/mol. The van der Waals surface area contributed by atoms with Gasteiger partial charge in [-0.1, -0.05) is 57.9 Å². The molecule has 1 fully saturated rings. The first-order chi connectivity index (χ1) is 11.0. The molecule has 1 atom stereocenters. The van der Waals surface area contributed by atoms with Crippen LogP contribution in [0.15, 0.2) is 11.1 Å². The fourth-order valence-electron chi connectivity index (χ4n) is 3.77. The minimum Gasteiger partial charge on any atom is -0.481 e. The highest BCUT2D eigenvalue weighted by molar-refractivity contribution is 5.97. The van der Waals surface area contributed by atoms with Gasteiger partial charge < -0.3 is 10.2 Å². The van der Waals surface area contributed by atoms with Gasteiger partial charge in [0.15, 0.2) is 0 Å². The van der Waals surface area contributed by atoms with Crippen molar-refractivity contribution in [1.82, 2.24) is 0 Å². The van der Waals surface area contributed by atoms with E-state index in [-0.39, 0.29) is 5.57 Å². The van der Waals surface area contributed by atoms with E-state index >= 15 is 0 Å². The maximum atomic E-state index is 12.2. The second-order valence-corrected chi connectivity index (χ2v) is 6.79. The number of allylic oxidation sites excluding steroid dienone is 1. The lowest BCUT2D eigenvalue weighted by Gasteiger charge is -2.32. The third-order valence-electron chi connectivity index (χ3n) is 5.08. The van der Waals surface area contributed by atoms with Crippen molar-refractivity contribution in [3.05, 3.63) is 11.1 Å². The molecule has 0 bridgehead atoms. The number of hydrogen-bond acceptors (Lipinski definition) is 2. The quantitative estimate of drug-likeness (QED) is 0.406. The van der Waals surface area contributed by atoms with E-state index in [1.807, 2.05) is 6.92 Å². The van der Waals surface area contributed by atoms with Gasteiger partial charge in [-0.3, -0.25) is 4.79 Å². The second kappa shape index (κ2) is 9.74. The summed E-state index contributed by atoms with van der Waals surface area (Å²) >= 11 is 0. The molecule has 0 aliphatic heterocycles. The van der Waals surface area contributed by atoms with Gasteiger partial charge in [0, 0.05) is 0 Å². The largest absolute Gasteiger partial charge is 0.481 e. The molecule has 0 amide bonds. The zero-order valence-electron chi connectivity index (χ0n) is 14.7. The fraction of sp³-hybridized carbons (Fsp3) is 0.789. The lowest BCUT2D eigenvalue weighted by molar-refractivity contribution is -0.151. The monoisotopic (exact) mass is 324 g/mol. The van der Waals surface area contributed by atoms with Crippen LogP contribution in [0.25, 0.3) is 0 Å². The van der Waals surface area contributed by atoms with Gasteiger partial charge >= 0.3 is 11.9 Å². The Morgan fingerprint density at radius 2 is 1.48 bits per heavy atom. The summed E-state index contributed by atoms with van der Waals surface area (Å²) in [6.45, 7) is 4.14. The number of hydrogen-bond donors (Lipinski definition) is 2. The summed E-state index contributed by atoms with van der Waals surface area (Å²) in [5.41, 5.74) is -0.103. The molecular weight excluding hydrogens is 292 g/mol. The zero-order chi connectivity index (χ0) is 17.3. The summed E-state index contributed by atoms with van der Waals surface area (Å²) in [5.74, 6) is -1.96. The van der Waals surface area contributed by atoms with Gasteiger partial charge in [-0.25, -0.2) is 4.79 Å². The van der Waals surface area contributed by atoms with Crippen molar-refractivity contribution in [3.8, 4) is 0 Å². The maximum absolute atomic E-state index is 12.2. The van der Waals surface area contributed by atoms with Crippen LogP contribution in [0, 0.1) is 5.41 Å². The Hall–Kier alpha value is -1.32. The normalized spacial score (nSPS) is 17.0. The van der Waals surface area contributed by atoms with Crippen molar-refractivity contribution >= 4 is 11.9 Å². The second-order valence-electron chi connectivity index (χ2n) is 6.79. The zero-order valence-corrected chi connectivity index (χ0v) is 14.7. The van der Waals surface area contributed by atoms with Crippen LogP contribution in [0.4, 0.5) is 0 Å². The van der Waals surface area contributed by atoms with E-state index in [1.54, 1.807) is 0 Å². The summed E-state index contributed by atoms with van der Waals surface area (Å²) < 4.78 is 0. The molecule has 0 aromatic carbocycles. The molecule has 1 saturated carbocycles. The molecule has 1 unspecified atom stereocenters. The lowest BCUT2D eigenvalue weighted by Crippen LogP contribution is -2.37. The predicted octanol–water partition coefficient (Wildman–Crippen LogP) is 5.17. The molecule has 0 radical (unpaired) electrons. The van der Waals surface area contributed by atoms with Crippen molar-refractivity contribution in [2.24, 2.45) is 5.41 Å². The molecule has 2 N–H and O–H groups in total. The lowest BCUT2D eigenvalue weighted by atomic mass is 9.70. The molecule has 0 spiro atoms. The number of carboxylic acids is 2. The minimum absolute atomic E-state index is 0.215. The molecular formula is C19H32O4. The van der Waals surface area contributed by atoms with E-state index in [1.165, 1.54) is 0 Å². The standard InChI is InChI=1S/C19H32O4/c1-3-5-7-10-14-19(18(22)23,13-6-4-2)16(17(20)21)15-11-8-9-12-15/h3-14H2,1-2H3,(H,20,21)(H,22,23). The van der Waals surface area contributed by atoms with Crippen molar-refractivity contribution in [1.29, 1.82) is 0 Å². The van der Waals surface area contributed by atoms with Crippen LogP contribution in [0.3, 0.4) is 0 Å². The van der Waals surface area contributed by atoms with Crippen LogP contribution >= 0.6 is 0 Å². The number of carbonyl (C=O) groups is 2. The minimum atomic E-state index is -1.20. The van der Waals surface area contributed by atoms with Gasteiger partial charge in [0.1, 0.15) is 0 Å². The Morgan fingerprint density at radius 1 is 0.913 bits per heavy atom. The van der Waals surface area contributed by atoms with Crippen LogP contribution in [0.1, 0.15) is 90.9 Å². The highest BCUT2D eigenvalue weighted by Gasteiger charge is 2.46. The van der Waals surface area contributed by atoms with Crippen LogP contribution in [-0.4, -0.2) is 22.2 Å². The molecule has 1 rings (SSSR count). The summed E-state index contributed by atoms with van der Waals surface area (Å²) in [6.07, 6.45) is 9.89. The first-order valence-electron chi connectivity index (χ1n) is 9.18. The van der Waals surface area contributed by atoms with Crippen LogP contribution in [0.5, 0.6) is 0 Å². The molecule has 0 heterocycles. The molecule has 1 aliphatic rings. The van der Waals surface area contributed by atoms with Gasteiger partial charge in [0.25, 0.3) is 0 Å². The Morgan fingerprint density at radius 3 is 1.96 bits per heavy atom. The Balaban J connectivity index is 3.18. The van der Waals surface area contributed by atoms with Gasteiger partial charge in [0.05, 0.1) is 11.0 Å². The van der Waals surface area contributed by atoms with Crippen molar-refractivity contribution in [3.63, 3.8) is 0 Å².